The molecule has 0 unspecified atom stereocenters. The van der Waals surface area contributed by atoms with Gasteiger partial charge in [-0.05, 0) is 68.7 Å². The molecule has 2 aromatic carbocycles. The quantitative estimate of drug-likeness (QED) is 0.190. The summed E-state index contributed by atoms with van der Waals surface area (Å²) in [5.41, 5.74) is 3.69. The summed E-state index contributed by atoms with van der Waals surface area (Å²) in [7, 11) is 0. The lowest BCUT2D eigenvalue weighted by Crippen LogP contribution is -2.52. The molecule has 218 valence electrons. The third-order valence-electron chi connectivity index (χ3n) is 7.44. The second-order valence-corrected chi connectivity index (χ2v) is 10.5. The molecule has 6 nitrogen and oxygen atoms in total. The molecule has 0 spiro atoms. The number of carbonyl (C=O) groups excluding carboxylic acids is 1. The van der Waals surface area contributed by atoms with Gasteiger partial charge in [-0.1, -0.05) is 24.6 Å². The van der Waals surface area contributed by atoms with Crippen LogP contribution in [0, 0.1) is 11.6 Å². The molecule has 10 heteroatoms. The number of rotatable bonds is 9. The van der Waals surface area contributed by atoms with Gasteiger partial charge in [-0.3, -0.25) is 9.20 Å². The molecule has 2 aromatic heterocycles. The Hall–Kier alpha value is -3.36. The van der Waals surface area contributed by atoms with Crippen LogP contribution in [0.5, 0.6) is 5.75 Å². The minimum absolute atomic E-state index is 0. The summed E-state index contributed by atoms with van der Waals surface area (Å²) < 4.78 is 37.1. The molecule has 0 N–H and O–H groups in total. The minimum atomic E-state index is -0.338. The van der Waals surface area contributed by atoms with Crippen LogP contribution in [0.2, 0.25) is 5.02 Å². The number of aromatic nitrogens is 2. The van der Waals surface area contributed by atoms with Gasteiger partial charge < -0.3 is 14.5 Å². The molecule has 1 aliphatic rings. The van der Waals surface area contributed by atoms with Crippen LogP contribution in [0.3, 0.4) is 0 Å². The second-order valence-electron chi connectivity index (χ2n) is 10.1. The SMILES string of the molecule is CCOc1ccc(N2CCN(c3ccc(CCC(=O)c4c(CC)nc5ccc(Cl)cn45)c(F)c3)C[C@@H]2C)c(F)c1.Cl. The first kappa shape index (κ1) is 30.6. The monoisotopic (exact) mass is 602 g/mol. The Balaban J connectivity index is 0.00000387. The third kappa shape index (κ3) is 6.44. The van der Waals surface area contributed by atoms with Crippen LogP contribution >= 0.6 is 24.0 Å². The summed E-state index contributed by atoms with van der Waals surface area (Å²) in [4.78, 5) is 21.9. The van der Waals surface area contributed by atoms with Gasteiger partial charge in [-0.25, -0.2) is 13.8 Å². The van der Waals surface area contributed by atoms with E-state index >= 15 is 4.39 Å². The third-order valence-corrected chi connectivity index (χ3v) is 7.67. The van der Waals surface area contributed by atoms with E-state index < -0.39 is 0 Å². The van der Waals surface area contributed by atoms with Crippen molar-refractivity contribution in [3.8, 4) is 5.75 Å². The van der Waals surface area contributed by atoms with E-state index in [1.165, 1.54) is 12.1 Å². The highest BCUT2D eigenvalue weighted by atomic mass is 35.5. The van der Waals surface area contributed by atoms with E-state index in [4.69, 9.17) is 16.3 Å². The van der Waals surface area contributed by atoms with Gasteiger partial charge in [0.05, 0.1) is 23.0 Å². The Morgan fingerprint density at radius 3 is 2.56 bits per heavy atom. The number of piperazine rings is 1. The number of hydrogen-bond acceptors (Lipinski definition) is 5. The number of aryl methyl sites for hydroxylation is 2. The second kappa shape index (κ2) is 13.1. The van der Waals surface area contributed by atoms with Gasteiger partial charge in [0.2, 0.25) is 0 Å². The first-order valence-corrected chi connectivity index (χ1v) is 14.1. The van der Waals surface area contributed by atoms with Crippen molar-refractivity contribution in [2.75, 3.05) is 36.0 Å². The molecule has 0 amide bonds. The average Bonchev–Trinajstić information content (AvgIpc) is 3.30. The number of imidazole rings is 1. The van der Waals surface area contributed by atoms with Gasteiger partial charge in [0.1, 0.15) is 28.7 Å². The maximum absolute atomic E-state index is 15.2. The van der Waals surface area contributed by atoms with Crippen LogP contribution in [0.25, 0.3) is 5.65 Å². The zero-order valence-electron chi connectivity index (χ0n) is 23.4. The molecule has 1 aliphatic heterocycles. The van der Waals surface area contributed by atoms with E-state index in [9.17, 15) is 9.18 Å². The zero-order valence-corrected chi connectivity index (χ0v) is 24.9. The molecule has 0 radical (unpaired) electrons. The topological polar surface area (TPSA) is 50.1 Å². The average molecular weight is 604 g/mol. The predicted molar refractivity (Wildman–Crippen MR) is 162 cm³/mol. The fourth-order valence-corrected chi connectivity index (χ4v) is 5.60. The first-order chi connectivity index (χ1) is 19.3. The van der Waals surface area contributed by atoms with Gasteiger partial charge in [0, 0.05) is 50.0 Å². The Morgan fingerprint density at radius 2 is 1.88 bits per heavy atom. The Bertz CT molecular complexity index is 1540. The number of pyridine rings is 1. The van der Waals surface area contributed by atoms with Gasteiger partial charge in [-0.2, -0.15) is 0 Å². The lowest BCUT2D eigenvalue weighted by atomic mass is 10.0. The maximum atomic E-state index is 15.2. The molecule has 1 atom stereocenters. The van der Waals surface area contributed by atoms with Crippen LogP contribution in [0.1, 0.15) is 48.9 Å². The number of ketones is 1. The number of hydrogen-bond donors (Lipinski definition) is 0. The number of nitrogens with zero attached hydrogens (tertiary/aromatic N) is 4. The number of carbonyl (C=O) groups is 1. The van der Waals surface area contributed by atoms with Crippen molar-refractivity contribution in [2.45, 2.75) is 46.1 Å². The fourth-order valence-electron chi connectivity index (χ4n) is 5.44. The van der Waals surface area contributed by atoms with Crippen molar-refractivity contribution in [1.82, 2.24) is 9.38 Å². The van der Waals surface area contributed by atoms with Crippen molar-refractivity contribution < 1.29 is 18.3 Å². The summed E-state index contributed by atoms with van der Waals surface area (Å²) in [6, 6.07) is 13.7. The van der Waals surface area contributed by atoms with Crippen molar-refractivity contribution >= 4 is 46.8 Å². The molecule has 1 saturated heterocycles. The number of anilines is 2. The molecule has 4 aromatic rings. The largest absolute Gasteiger partial charge is 0.494 e. The zero-order chi connectivity index (χ0) is 28.4. The normalized spacial score (nSPS) is 15.2. The van der Waals surface area contributed by atoms with Crippen molar-refractivity contribution in [1.29, 1.82) is 0 Å². The number of benzene rings is 2. The molecular formula is C31H34Cl2F2N4O2. The van der Waals surface area contributed by atoms with Gasteiger partial charge in [-0.15, -0.1) is 12.4 Å². The first-order valence-electron chi connectivity index (χ1n) is 13.7. The van der Waals surface area contributed by atoms with Crippen molar-refractivity contribution in [3.05, 3.63) is 88.3 Å². The summed E-state index contributed by atoms with van der Waals surface area (Å²) >= 11 is 6.15. The van der Waals surface area contributed by atoms with Gasteiger partial charge >= 0.3 is 0 Å². The summed E-state index contributed by atoms with van der Waals surface area (Å²) in [5, 5.41) is 0.517. The molecular weight excluding hydrogens is 569 g/mol. The summed E-state index contributed by atoms with van der Waals surface area (Å²) in [6.07, 6.45) is 2.74. The van der Waals surface area contributed by atoms with Crippen LogP contribution in [0.4, 0.5) is 20.2 Å². The van der Waals surface area contributed by atoms with Crippen LogP contribution in [0.15, 0.2) is 54.7 Å². The van der Waals surface area contributed by atoms with E-state index in [0.29, 0.717) is 71.7 Å². The molecule has 1 fully saturated rings. The van der Waals surface area contributed by atoms with Gasteiger partial charge in [0.15, 0.2) is 5.78 Å². The molecule has 0 aliphatic carbocycles. The lowest BCUT2D eigenvalue weighted by molar-refractivity contribution is 0.0976. The maximum Gasteiger partial charge on any atom is 0.181 e. The number of fused-ring (bicyclic) bond motifs is 1. The van der Waals surface area contributed by atoms with Gasteiger partial charge in [0.25, 0.3) is 0 Å². The highest BCUT2D eigenvalue weighted by Gasteiger charge is 2.27. The highest BCUT2D eigenvalue weighted by molar-refractivity contribution is 6.30. The Morgan fingerprint density at radius 1 is 1.07 bits per heavy atom. The summed E-state index contributed by atoms with van der Waals surface area (Å²) in [5.74, 6) is -0.230. The Labute approximate surface area is 250 Å². The molecule has 0 bridgehead atoms. The van der Waals surface area contributed by atoms with Crippen molar-refractivity contribution in [3.63, 3.8) is 0 Å². The van der Waals surface area contributed by atoms with E-state index in [0.717, 1.165) is 5.69 Å². The Kier molecular flexibility index (Phi) is 9.76. The van der Waals surface area contributed by atoms with E-state index in [1.54, 1.807) is 40.9 Å². The van der Waals surface area contributed by atoms with Crippen LogP contribution < -0.4 is 14.5 Å². The highest BCUT2D eigenvalue weighted by Crippen LogP contribution is 2.30. The number of halogens is 4. The van der Waals surface area contributed by atoms with Crippen LogP contribution in [-0.4, -0.2) is 47.5 Å². The number of Topliss-reactive ketones (excluding diaryl/α,β-unsaturated/α-hetero) is 1. The van der Waals surface area contributed by atoms with E-state index in [2.05, 4.69) is 9.88 Å². The molecule has 0 saturated carbocycles. The molecule has 5 rings (SSSR count). The lowest BCUT2D eigenvalue weighted by Gasteiger charge is -2.42. The molecule has 41 heavy (non-hydrogen) atoms. The molecule has 3 heterocycles. The number of ether oxygens (including phenoxy) is 1. The van der Waals surface area contributed by atoms with Crippen molar-refractivity contribution in [2.24, 2.45) is 0 Å². The summed E-state index contributed by atoms with van der Waals surface area (Å²) in [6.45, 7) is 8.20. The predicted octanol–water partition coefficient (Wildman–Crippen LogP) is 7.18. The fraction of sp³-hybridized carbons (Fsp3) is 0.355. The standard InChI is InChI=1S/C31H33ClF2N4O2.ClH/c1-4-27-31(38-19-22(32)8-13-30(38)35-27)29(39)12-7-21-6-9-23(16-25(21)33)36-14-15-37(20(3)18-36)28-11-10-24(40-5-2)17-26(28)34;/h6,8-11,13,16-17,19-20H,4-5,7,12,14-15,18H2,1-3H3;1H/t20-;/m0./s1. The smallest absolute Gasteiger partial charge is 0.181 e. The van der Waals surface area contributed by atoms with E-state index in [-0.39, 0.29) is 48.7 Å². The van der Waals surface area contributed by atoms with Crippen LogP contribution in [-0.2, 0) is 12.8 Å². The minimum Gasteiger partial charge on any atom is -0.494 e. The van der Waals surface area contributed by atoms with E-state index in [1.807, 2.05) is 31.7 Å².